The Bertz CT molecular complexity index is 409. The number of ether oxygens (including phenoxy) is 1. The first kappa shape index (κ1) is 12.1. The molecule has 0 unspecified atom stereocenters. The van der Waals surface area contributed by atoms with Crippen LogP contribution in [-0.4, -0.2) is 19.4 Å². The van der Waals surface area contributed by atoms with Gasteiger partial charge < -0.3 is 10.5 Å². The number of hydrogen-bond acceptors (Lipinski definition) is 3. The van der Waals surface area contributed by atoms with Gasteiger partial charge in [-0.25, -0.2) is 0 Å². The summed E-state index contributed by atoms with van der Waals surface area (Å²) in [6.45, 7) is 0.0659. The molecule has 1 fully saturated rings. The van der Waals surface area contributed by atoms with Gasteiger partial charge in [0.2, 0.25) is 0 Å². The van der Waals surface area contributed by atoms with Gasteiger partial charge in [0.05, 0.1) is 13.7 Å². The van der Waals surface area contributed by atoms with Gasteiger partial charge in [-0.1, -0.05) is 12.8 Å². The summed E-state index contributed by atoms with van der Waals surface area (Å²) in [6.07, 6.45) is 4.92. The molecule has 17 heavy (non-hydrogen) atoms. The van der Waals surface area contributed by atoms with Crippen molar-refractivity contribution in [2.45, 2.75) is 31.6 Å². The SMILES string of the molecule is COc1ccc(C(=O)CN)cc1C1CCCC1. The van der Waals surface area contributed by atoms with E-state index in [1.807, 2.05) is 12.1 Å². The van der Waals surface area contributed by atoms with Crippen molar-refractivity contribution in [3.63, 3.8) is 0 Å². The van der Waals surface area contributed by atoms with Crippen LogP contribution in [0.25, 0.3) is 0 Å². The van der Waals surface area contributed by atoms with E-state index in [2.05, 4.69) is 0 Å². The van der Waals surface area contributed by atoms with E-state index in [0.29, 0.717) is 11.5 Å². The van der Waals surface area contributed by atoms with E-state index >= 15 is 0 Å². The zero-order valence-corrected chi connectivity index (χ0v) is 10.2. The van der Waals surface area contributed by atoms with Gasteiger partial charge in [0.25, 0.3) is 0 Å². The molecular weight excluding hydrogens is 214 g/mol. The van der Waals surface area contributed by atoms with Gasteiger partial charge in [-0.3, -0.25) is 4.79 Å². The zero-order valence-electron chi connectivity index (χ0n) is 10.2. The van der Waals surface area contributed by atoms with Crippen LogP contribution in [0.3, 0.4) is 0 Å². The third-order valence-corrected chi connectivity index (χ3v) is 3.53. The summed E-state index contributed by atoms with van der Waals surface area (Å²) >= 11 is 0. The molecule has 0 aliphatic heterocycles. The molecule has 2 N–H and O–H groups in total. The lowest BCUT2D eigenvalue weighted by molar-refractivity contribution is 0.100. The Kier molecular flexibility index (Phi) is 3.79. The highest BCUT2D eigenvalue weighted by molar-refractivity contribution is 5.97. The first-order valence-electron chi connectivity index (χ1n) is 6.17. The average molecular weight is 233 g/mol. The van der Waals surface area contributed by atoms with E-state index in [-0.39, 0.29) is 12.3 Å². The molecule has 92 valence electrons. The maximum absolute atomic E-state index is 11.6. The smallest absolute Gasteiger partial charge is 0.176 e. The van der Waals surface area contributed by atoms with Crippen molar-refractivity contribution in [2.75, 3.05) is 13.7 Å². The summed E-state index contributed by atoms with van der Waals surface area (Å²) in [5.74, 6) is 1.42. The summed E-state index contributed by atoms with van der Waals surface area (Å²) in [5.41, 5.74) is 7.27. The summed E-state index contributed by atoms with van der Waals surface area (Å²) in [6, 6.07) is 5.65. The minimum atomic E-state index is -0.00750. The maximum atomic E-state index is 11.6. The fraction of sp³-hybridized carbons (Fsp3) is 0.500. The predicted molar refractivity (Wildman–Crippen MR) is 67.6 cm³/mol. The first-order valence-corrected chi connectivity index (χ1v) is 6.17. The first-order chi connectivity index (χ1) is 8.26. The molecule has 0 radical (unpaired) electrons. The Morgan fingerprint density at radius 2 is 2.12 bits per heavy atom. The lowest BCUT2D eigenvalue weighted by atomic mass is 9.94. The number of benzene rings is 1. The van der Waals surface area contributed by atoms with Gasteiger partial charge in [-0.15, -0.1) is 0 Å². The minimum Gasteiger partial charge on any atom is -0.496 e. The number of Topliss-reactive ketones (excluding diaryl/α,β-unsaturated/α-hetero) is 1. The highest BCUT2D eigenvalue weighted by Gasteiger charge is 2.21. The molecule has 1 aliphatic rings. The van der Waals surface area contributed by atoms with Gasteiger partial charge in [-0.2, -0.15) is 0 Å². The number of methoxy groups -OCH3 is 1. The number of carbonyl (C=O) groups is 1. The molecule has 0 amide bonds. The van der Waals surface area contributed by atoms with Crippen molar-refractivity contribution < 1.29 is 9.53 Å². The summed E-state index contributed by atoms with van der Waals surface area (Å²) in [7, 11) is 1.68. The lowest BCUT2D eigenvalue weighted by Gasteiger charge is -2.15. The van der Waals surface area contributed by atoms with E-state index < -0.39 is 0 Å². The standard InChI is InChI=1S/C14H19NO2/c1-17-14-7-6-11(13(16)9-15)8-12(14)10-4-2-3-5-10/h6-8,10H,2-5,9,15H2,1H3. The third kappa shape index (κ3) is 2.50. The molecule has 1 saturated carbocycles. The number of rotatable bonds is 4. The zero-order chi connectivity index (χ0) is 12.3. The van der Waals surface area contributed by atoms with Gasteiger partial charge in [0.15, 0.2) is 5.78 Å². The van der Waals surface area contributed by atoms with Gasteiger partial charge in [-0.05, 0) is 42.5 Å². The number of ketones is 1. The fourth-order valence-electron chi connectivity index (χ4n) is 2.58. The molecule has 3 heteroatoms. The Labute approximate surface area is 102 Å². The molecule has 0 heterocycles. The molecule has 0 atom stereocenters. The minimum absolute atomic E-state index is 0.00750. The lowest BCUT2D eigenvalue weighted by Crippen LogP contribution is -2.14. The molecule has 0 spiro atoms. The third-order valence-electron chi connectivity index (χ3n) is 3.53. The van der Waals surface area contributed by atoms with Crippen LogP contribution in [0, 0.1) is 0 Å². The normalized spacial score (nSPS) is 16.1. The maximum Gasteiger partial charge on any atom is 0.176 e. The van der Waals surface area contributed by atoms with Crippen LogP contribution in [0.1, 0.15) is 47.5 Å². The van der Waals surface area contributed by atoms with Crippen LogP contribution < -0.4 is 10.5 Å². The van der Waals surface area contributed by atoms with Crippen molar-refractivity contribution in [2.24, 2.45) is 5.73 Å². The summed E-state index contributed by atoms with van der Waals surface area (Å²) in [4.78, 5) is 11.6. The van der Waals surface area contributed by atoms with E-state index in [1.54, 1.807) is 13.2 Å². The second-order valence-electron chi connectivity index (χ2n) is 4.57. The van der Waals surface area contributed by atoms with Crippen molar-refractivity contribution in [3.05, 3.63) is 29.3 Å². The average Bonchev–Trinajstić information content (AvgIpc) is 2.90. The van der Waals surface area contributed by atoms with Crippen LogP contribution in [0.4, 0.5) is 0 Å². The number of hydrogen-bond donors (Lipinski definition) is 1. The highest BCUT2D eigenvalue weighted by atomic mass is 16.5. The van der Waals surface area contributed by atoms with Gasteiger partial charge in [0.1, 0.15) is 5.75 Å². The Morgan fingerprint density at radius 3 is 2.71 bits per heavy atom. The van der Waals surface area contributed by atoms with Crippen LogP contribution >= 0.6 is 0 Å². The second kappa shape index (κ2) is 5.32. The van der Waals surface area contributed by atoms with Crippen molar-refractivity contribution in [1.29, 1.82) is 0 Å². The molecule has 1 aliphatic carbocycles. The highest BCUT2D eigenvalue weighted by Crippen LogP contribution is 2.39. The van der Waals surface area contributed by atoms with Crippen molar-refractivity contribution in [3.8, 4) is 5.75 Å². The van der Waals surface area contributed by atoms with Crippen LogP contribution in [0.2, 0.25) is 0 Å². The van der Waals surface area contributed by atoms with Crippen molar-refractivity contribution in [1.82, 2.24) is 0 Å². The number of carbonyl (C=O) groups excluding carboxylic acids is 1. The monoisotopic (exact) mass is 233 g/mol. The van der Waals surface area contributed by atoms with E-state index in [4.69, 9.17) is 10.5 Å². The molecule has 0 saturated heterocycles. The topological polar surface area (TPSA) is 52.3 Å². The van der Waals surface area contributed by atoms with Crippen LogP contribution in [0.15, 0.2) is 18.2 Å². The largest absolute Gasteiger partial charge is 0.496 e. The summed E-state index contributed by atoms with van der Waals surface area (Å²) in [5, 5.41) is 0. The van der Waals surface area contributed by atoms with Crippen LogP contribution in [-0.2, 0) is 0 Å². The Balaban J connectivity index is 2.35. The Hall–Kier alpha value is -1.35. The molecule has 2 rings (SSSR count). The molecule has 3 nitrogen and oxygen atoms in total. The fourth-order valence-corrected chi connectivity index (χ4v) is 2.58. The number of nitrogens with two attached hydrogens (primary N) is 1. The van der Waals surface area contributed by atoms with E-state index in [9.17, 15) is 4.79 Å². The molecule has 1 aromatic rings. The molecule has 0 aromatic heterocycles. The van der Waals surface area contributed by atoms with E-state index in [1.165, 1.54) is 31.2 Å². The Morgan fingerprint density at radius 1 is 1.41 bits per heavy atom. The molecule has 1 aromatic carbocycles. The molecule has 0 bridgehead atoms. The predicted octanol–water partition coefficient (Wildman–Crippen LogP) is 2.49. The van der Waals surface area contributed by atoms with Gasteiger partial charge >= 0.3 is 0 Å². The van der Waals surface area contributed by atoms with E-state index in [0.717, 1.165) is 5.75 Å². The summed E-state index contributed by atoms with van der Waals surface area (Å²) < 4.78 is 5.38. The van der Waals surface area contributed by atoms with Gasteiger partial charge in [0, 0.05) is 5.56 Å². The quantitative estimate of drug-likeness (QED) is 0.813. The second-order valence-corrected chi connectivity index (χ2v) is 4.57. The molecular formula is C14H19NO2. The van der Waals surface area contributed by atoms with Crippen molar-refractivity contribution >= 4 is 5.78 Å². The van der Waals surface area contributed by atoms with Crippen LogP contribution in [0.5, 0.6) is 5.75 Å².